The summed E-state index contributed by atoms with van der Waals surface area (Å²) >= 11 is 12.1. The van der Waals surface area contributed by atoms with Crippen LogP contribution in [0.5, 0.6) is 5.75 Å². The second kappa shape index (κ2) is 5.72. The first-order valence-corrected chi connectivity index (χ1v) is 6.66. The van der Waals surface area contributed by atoms with Crippen LogP contribution in [0.2, 0.25) is 10.0 Å². The number of nitrogens with zero attached hydrogens (tertiary/aromatic N) is 2. The number of rotatable bonds is 4. The van der Waals surface area contributed by atoms with Crippen LogP contribution >= 0.6 is 23.2 Å². The Kier molecular flexibility index (Phi) is 4.22. The van der Waals surface area contributed by atoms with Crippen LogP contribution in [0.25, 0.3) is 0 Å². The molecular weight excluding hydrogens is 285 g/mol. The van der Waals surface area contributed by atoms with Gasteiger partial charge in [0.15, 0.2) is 5.75 Å². The highest BCUT2D eigenvalue weighted by Crippen LogP contribution is 2.35. The van der Waals surface area contributed by atoms with Crippen LogP contribution in [0.1, 0.15) is 18.3 Å². The van der Waals surface area contributed by atoms with Gasteiger partial charge in [0.25, 0.3) is 0 Å². The van der Waals surface area contributed by atoms with Gasteiger partial charge in [-0.15, -0.1) is 0 Å². The first kappa shape index (κ1) is 14.0. The molecule has 0 atom stereocenters. The number of ether oxygens (including phenoxy) is 1. The van der Waals surface area contributed by atoms with Gasteiger partial charge in [0.2, 0.25) is 0 Å². The quantitative estimate of drug-likeness (QED) is 0.880. The Bertz CT molecular complexity index is 573. The molecule has 0 aliphatic heterocycles. The van der Waals surface area contributed by atoms with Crippen LogP contribution in [0.4, 0.5) is 5.69 Å². The number of aryl methyl sites for hydroxylation is 2. The molecule has 0 aliphatic rings. The largest absolute Gasteiger partial charge is 0.484 e. The molecule has 1 aromatic carbocycles. The second-order valence-electron chi connectivity index (χ2n) is 4.21. The number of anilines is 1. The molecule has 6 heteroatoms. The van der Waals surface area contributed by atoms with Gasteiger partial charge in [-0.05, 0) is 24.6 Å². The molecule has 102 valence electrons. The van der Waals surface area contributed by atoms with E-state index in [2.05, 4.69) is 12.0 Å². The lowest BCUT2D eigenvalue weighted by atomic mass is 10.3. The molecule has 4 nitrogen and oxygen atoms in total. The lowest BCUT2D eigenvalue weighted by molar-refractivity contribution is 0.295. The number of nitrogens with two attached hydrogens (primary N) is 1. The second-order valence-corrected chi connectivity index (χ2v) is 5.02. The van der Waals surface area contributed by atoms with Gasteiger partial charge in [-0.3, -0.25) is 4.68 Å². The van der Waals surface area contributed by atoms with Gasteiger partial charge >= 0.3 is 0 Å². The van der Waals surface area contributed by atoms with Crippen molar-refractivity contribution in [2.24, 2.45) is 7.05 Å². The van der Waals surface area contributed by atoms with E-state index in [9.17, 15) is 0 Å². The van der Waals surface area contributed by atoms with Gasteiger partial charge < -0.3 is 10.5 Å². The molecule has 0 saturated heterocycles. The Morgan fingerprint density at radius 3 is 2.42 bits per heavy atom. The number of hydrogen-bond acceptors (Lipinski definition) is 3. The van der Waals surface area contributed by atoms with Crippen molar-refractivity contribution >= 4 is 28.9 Å². The number of aromatic nitrogens is 2. The van der Waals surface area contributed by atoms with E-state index < -0.39 is 0 Å². The van der Waals surface area contributed by atoms with Gasteiger partial charge in [-0.25, -0.2) is 0 Å². The Labute approximate surface area is 122 Å². The molecule has 0 bridgehead atoms. The predicted octanol–water partition coefficient (Wildman–Crippen LogP) is 3.45. The van der Waals surface area contributed by atoms with Crippen LogP contribution in [0.15, 0.2) is 18.2 Å². The third kappa shape index (κ3) is 3.14. The molecule has 2 N–H and O–H groups in total. The molecule has 0 aliphatic carbocycles. The van der Waals surface area contributed by atoms with Crippen molar-refractivity contribution in [2.45, 2.75) is 20.0 Å². The van der Waals surface area contributed by atoms with Crippen molar-refractivity contribution in [3.63, 3.8) is 0 Å². The van der Waals surface area contributed by atoms with E-state index in [0.29, 0.717) is 28.1 Å². The third-order valence-corrected chi connectivity index (χ3v) is 3.34. The molecule has 0 amide bonds. The maximum Gasteiger partial charge on any atom is 0.157 e. The number of halogens is 2. The van der Waals surface area contributed by atoms with E-state index in [1.165, 1.54) is 0 Å². The Hall–Kier alpha value is -1.39. The molecule has 1 aromatic heterocycles. The average Bonchev–Trinajstić information content (AvgIpc) is 2.69. The lowest BCUT2D eigenvalue weighted by Gasteiger charge is -2.10. The van der Waals surface area contributed by atoms with Crippen LogP contribution in [-0.4, -0.2) is 9.78 Å². The summed E-state index contributed by atoms with van der Waals surface area (Å²) in [6.07, 6.45) is 0.886. The fourth-order valence-electron chi connectivity index (χ4n) is 1.74. The molecule has 0 unspecified atom stereocenters. The summed E-state index contributed by atoms with van der Waals surface area (Å²) in [5.74, 6) is 0.441. The maximum atomic E-state index is 6.06. The smallest absolute Gasteiger partial charge is 0.157 e. The molecule has 0 saturated carbocycles. The van der Waals surface area contributed by atoms with Crippen molar-refractivity contribution in [3.8, 4) is 5.75 Å². The van der Waals surface area contributed by atoms with Crippen molar-refractivity contribution in [3.05, 3.63) is 39.6 Å². The number of hydrogen-bond donors (Lipinski definition) is 1. The van der Waals surface area contributed by atoms with Crippen molar-refractivity contribution in [1.82, 2.24) is 9.78 Å². The van der Waals surface area contributed by atoms with Crippen molar-refractivity contribution in [2.75, 3.05) is 5.73 Å². The zero-order valence-electron chi connectivity index (χ0n) is 10.8. The summed E-state index contributed by atoms with van der Waals surface area (Å²) in [5, 5.41) is 5.16. The van der Waals surface area contributed by atoms with Crippen LogP contribution in [0, 0.1) is 0 Å². The Morgan fingerprint density at radius 1 is 1.26 bits per heavy atom. The minimum Gasteiger partial charge on any atom is -0.484 e. The highest BCUT2D eigenvalue weighted by Gasteiger charge is 2.11. The van der Waals surface area contributed by atoms with E-state index in [-0.39, 0.29) is 0 Å². The normalized spacial score (nSPS) is 10.7. The fraction of sp³-hybridized carbons (Fsp3) is 0.308. The molecular formula is C13H15Cl2N3O. The van der Waals surface area contributed by atoms with Crippen LogP contribution in [0.3, 0.4) is 0 Å². The third-order valence-electron chi connectivity index (χ3n) is 2.77. The van der Waals surface area contributed by atoms with Gasteiger partial charge in [-0.2, -0.15) is 5.10 Å². The number of benzene rings is 1. The molecule has 2 rings (SSSR count). The van der Waals surface area contributed by atoms with Crippen molar-refractivity contribution < 1.29 is 4.74 Å². The zero-order valence-corrected chi connectivity index (χ0v) is 12.3. The summed E-state index contributed by atoms with van der Waals surface area (Å²) in [6.45, 7) is 2.41. The fourth-order valence-corrected chi connectivity index (χ4v) is 2.36. The van der Waals surface area contributed by atoms with Gasteiger partial charge in [-0.1, -0.05) is 30.1 Å². The van der Waals surface area contributed by atoms with E-state index >= 15 is 0 Å². The summed E-state index contributed by atoms with van der Waals surface area (Å²) in [6, 6.07) is 5.23. The highest BCUT2D eigenvalue weighted by molar-refractivity contribution is 6.37. The monoisotopic (exact) mass is 299 g/mol. The van der Waals surface area contributed by atoms with E-state index in [1.54, 1.807) is 16.8 Å². The van der Waals surface area contributed by atoms with Gasteiger partial charge in [0.1, 0.15) is 6.61 Å². The first-order valence-electron chi connectivity index (χ1n) is 5.90. The summed E-state index contributed by atoms with van der Waals surface area (Å²) in [4.78, 5) is 0. The van der Waals surface area contributed by atoms with Crippen LogP contribution < -0.4 is 10.5 Å². The van der Waals surface area contributed by atoms with E-state index in [1.807, 2.05) is 13.1 Å². The van der Waals surface area contributed by atoms with E-state index in [4.69, 9.17) is 33.7 Å². The molecule has 19 heavy (non-hydrogen) atoms. The summed E-state index contributed by atoms with van der Waals surface area (Å²) < 4.78 is 7.46. The van der Waals surface area contributed by atoms with Crippen LogP contribution in [-0.2, 0) is 20.1 Å². The SMILES string of the molecule is CCc1cc(COc2c(Cl)cc(N)cc2Cl)n(C)n1. The van der Waals surface area contributed by atoms with E-state index in [0.717, 1.165) is 17.8 Å². The van der Waals surface area contributed by atoms with Gasteiger partial charge in [0.05, 0.1) is 21.4 Å². The summed E-state index contributed by atoms with van der Waals surface area (Å²) in [7, 11) is 1.88. The Morgan fingerprint density at radius 2 is 1.89 bits per heavy atom. The standard InChI is InChI=1S/C13H15Cl2N3O/c1-3-9-6-10(18(2)17-9)7-19-13-11(14)4-8(16)5-12(13)15/h4-6H,3,7,16H2,1-2H3. The molecule has 2 aromatic rings. The number of nitrogen functional groups attached to an aromatic ring is 1. The molecule has 1 heterocycles. The van der Waals surface area contributed by atoms with Crippen molar-refractivity contribution in [1.29, 1.82) is 0 Å². The average molecular weight is 300 g/mol. The minimum atomic E-state index is 0.354. The highest BCUT2D eigenvalue weighted by atomic mass is 35.5. The topological polar surface area (TPSA) is 53.1 Å². The molecule has 0 radical (unpaired) electrons. The first-order chi connectivity index (χ1) is 9.01. The maximum absolute atomic E-state index is 6.06. The summed E-state index contributed by atoms with van der Waals surface area (Å²) in [5.41, 5.74) is 8.14. The zero-order chi connectivity index (χ0) is 14.0. The van der Waals surface area contributed by atoms with Gasteiger partial charge in [0, 0.05) is 12.7 Å². The molecule has 0 fully saturated rings. The lowest BCUT2D eigenvalue weighted by Crippen LogP contribution is -2.03. The Balaban J connectivity index is 2.16. The minimum absolute atomic E-state index is 0.354. The predicted molar refractivity (Wildman–Crippen MR) is 77.8 cm³/mol. The molecule has 0 spiro atoms.